The van der Waals surface area contributed by atoms with E-state index in [0.717, 1.165) is 12.8 Å². The number of hydrogen-bond acceptors (Lipinski definition) is 1. The number of allylic oxidation sites excluding steroid dienone is 5. The lowest BCUT2D eigenvalue weighted by Crippen LogP contribution is -2.11. The molecule has 0 radical (unpaired) electrons. The van der Waals surface area contributed by atoms with Crippen LogP contribution in [-0.2, 0) is 0 Å². The standard InChI is InChI=1S/C11H16O/c1-2-3-4-5-7-10-8-6-9-11(10)12/h2-6,9-12H,7-8H2,1H3/b3-2-,5-4-. The molecule has 0 aromatic heterocycles. The topological polar surface area (TPSA) is 20.2 Å². The van der Waals surface area contributed by atoms with Crippen molar-refractivity contribution in [3.05, 3.63) is 36.5 Å². The number of aliphatic hydroxyl groups excluding tert-OH is 1. The van der Waals surface area contributed by atoms with Crippen LogP contribution in [-0.4, -0.2) is 11.2 Å². The lowest BCUT2D eigenvalue weighted by molar-refractivity contribution is 0.166. The van der Waals surface area contributed by atoms with Gasteiger partial charge in [-0.3, -0.25) is 0 Å². The molecular formula is C11H16O. The summed E-state index contributed by atoms with van der Waals surface area (Å²) in [5.41, 5.74) is 0. The maximum atomic E-state index is 9.41. The summed E-state index contributed by atoms with van der Waals surface area (Å²) in [5.74, 6) is 0.409. The summed E-state index contributed by atoms with van der Waals surface area (Å²) in [7, 11) is 0. The third kappa shape index (κ3) is 2.67. The van der Waals surface area contributed by atoms with E-state index in [1.54, 1.807) is 0 Å². The third-order valence-electron chi connectivity index (χ3n) is 2.13. The molecule has 66 valence electrons. The normalized spacial score (nSPS) is 29.5. The lowest BCUT2D eigenvalue weighted by atomic mass is 10.0. The Kier molecular flexibility index (Phi) is 3.81. The molecule has 12 heavy (non-hydrogen) atoms. The summed E-state index contributed by atoms with van der Waals surface area (Å²) in [5, 5.41) is 9.41. The van der Waals surface area contributed by atoms with Crippen molar-refractivity contribution < 1.29 is 5.11 Å². The molecule has 1 rings (SSSR count). The zero-order chi connectivity index (χ0) is 8.81. The average molecular weight is 164 g/mol. The molecule has 2 unspecified atom stereocenters. The lowest BCUT2D eigenvalue weighted by Gasteiger charge is -2.10. The molecule has 0 fully saturated rings. The van der Waals surface area contributed by atoms with Crippen molar-refractivity contribution in [2.24, 2.45) is 5.92 Å². The molecule has 0 heterocycles. The van der Waals surface area contributed by atoms with E-state index < -0.39 is 0 Å². The Morgan fingerprint density at radius 2 is 2.33 bits per heavy atom. The monoisotopic (exact) mass is 164 g/mol. The Morgan fingerprint density at radius 3 is 2.92 bits per heavy atom. The van der Waals surface area contributed by atoms with Crippen molar-refractivity contribution in [1.82, 2.24) is 0 Å². The minimum Gasteiger partial charge on any atom is -0.389 e. The molecule has 1 heteroatoms. The van der Waals surface area contributed by atoms with Crippen LogP contribution in [0.25, 0.3) is 0 Å². The van der Waals surface area contributed by atoms with E-state index in [1.165, 1.54) is 0 Å². The predicted molar refractivity (Wildman–Crippen MR) is 51.8 cm³/mol. The van der Waals surface area contributed by atoms with Crippen LogP contribution in [0.2, 0.25) is 0 Å². The van der Waals surface area contributed by atoms with Gasteiger partial charge in [-0.15, -0.1) is 0 Å². The second-order valence-electron chi connectivity index (χ2n) is 3.10. The molecule has 0 saturated carbocycles. The van der Waals surface area contributed by atoms with Crippen molar-refractivity contribution in [2.45, 2.75) is 25.9 Å². The van der Waals surface area contributed by atoms with Crippen LogP contribution in [0.4, 0.5) is 0 Å². The van der Waals surface area contributed by atoms with Gasteiger partial charge >= 0.3 is 0 Å². The summed E-state index contributed by atoms with van der Waals surface area (Å²) >= 11 is 0. The second-order valence-corrected chi connectivity index (χ2v) is 3.10. The van der Waals surface area contributed by atoms with Gasteiger partial charge in [-0.05, 0) is 25.7 Å². The van der Waals surface area contributed by atoms with Crippen LogP contribution in [0.3, 0.4) is 0 Å². The molecular weight excluding hydrogens is 148 g/mol. The molecule has 0 spiro atoms. The molecule has 1 nitrogen and oxygen atoms in total. The summed E-state index contributed by atoms with van der Waals surface area (Å²) < 4.78 is 0. The van der Waals surface area contributed by atoms with E-state index in [1.807, 2.05) is 31.2 Å². The molecule has 1 N–H and O–H groups in total. The van der Waals surface area contributed by atoms with Crippen LogP contribution in [0.1, 0.15) is 19.8 Å². The molecule has 0 aromatic carbocycles. The maximum Gasteiger partial charge on any atom is 0.0754 e. The van der Waals surface area contributed by atoms with E-state index >= 15 is 0 Å². The highest BCUT2D eigenvalue weighted by Crippen LogP contribution is 2.22. The first-order chi connectivity index (χ1) is 5.84. The van der Waals surface area contributed by atoms with Gasteiger partial charge in [0.15, 0.2) is 0 Å². The molecule has 0 bridgehead atoms. The first-order valence-electron chi connectivity index (χ1n) is 4.47. The van der Waals surface area contributed by atoms with Gasteiger partial charge in [-0.1, -0.05) is 36.5 Å². The Bertz CT molecular complexity index is 201. The van der Waals surface area contributed by atoms with Gasteiger partial charge in [-0.25, -0.2) is 0 Å². The summed E-state index contributed by atoms with van der Waals surface area (Å²) in [6, 6.07) is 0. The Hall–Kier alpha value is -0.820. The minimum absolute atomic E-state index is 0.222. The zero-order valence-corrected chi connectivity index (χ0v) is 7.48. The summed E-state index contributed by atoms with van der Waals surface area (Å²) in [4.78, 5) is 0. The third-order valence-corrected chi connectivity index (χ3v) is 2.13. The van der Waals surface area contributed by atoms with Crippen LogP contribution >= 0.6 is 0 Å². The summed E-state index contributed by atoms with van der Waals surface area (Å²) in [6.07, 6.45) is 13.9. The van der Waals surface area contributed by atoms with E-state index in [0.29, 0.717) is 5.92 Å². The van der Waals surface area contributed by atoms with Crippen molar-refractivity contribution in [2.75, 3.05) is 0 Å². The quantitative estimate of drug-likeness (QED) is 0.502. The van der Waals surface area contributed by atoms with Gasteiger partial charge < -0.3 is 5.11 Å². The van der Waals surface area contributed by atoms with Gasteiger partial charge in [-0.2, -0.15) is 0 Å². The zero-order valence-electron chi connectivity index (χ0n) is 7.48. The van der Waals surface area contributed by atoms with Gasteiger partial charge in [0.05, 0.1) is 6.10 Å². The van der Waals surface area contributed by atoms with Crippen molar-refractivity contribution in [3.8, 4) is 0 Å². The highest BCUT2D eigenvalue weighted by atomic mass is 16.3. The molecule has 0 amide bonds. The van der Waals surface area contributed by atoms with Crippen molar-refractivity contribution in [3.63, 3.8) is 0 Å². The molecule has 1 aliphatic rings. The van der Waals surface area contributed by atoms with Crippen LogP contribution in [0.15, 0.2) is 36.5 Å². The van der Waals surface area contributed by atoms with Gasteiger partial charge in [0, 0.05) is 0 Å². The van der Waals surface area contributed by atoms with Crippen LogP contribution < -0.4 is 0 Å². The molecule has 1 aliphatic carbocycles. The Labute approximate surface area is 74.1 Å². The molecule has 2 atom stereocenters. The van der Waals surface area contributed by atoms with Crippen molar-refractivity contribution in [1.29, 1.82) is 0 Å². The fraction of sp³-hybridized carbons (Fsp3) is 0.455. The predicted octanol–water partition coefficient (Wildman–Crippen LogP) is 2.45. The smallest absolute Gasteiger partial charge is 0.0754 e. The van der Waals surface area contributed by atoms with Crippen LogP contribution in [0.5, 0.6) is 0 Å². The van der Waals surface area contributed by atoms with Crippen LogP contribution in [0, 0.1) is 5.92 Å². The Morgan fingerprint density at radius 1 is 1.50 bits per heavy atom. The van der Waals surface area contributed by atoms with Crippen molar-refractivity contribution >= 4 is 0 Å². The number of rotatable bonds is 3. The highest BCUT2D eigenvalue weighted by molar-refractivity contribution is 5.06. The van der Waals surface area contributed by atoms with Gasteiger partial charge in [0.1, 0.15) is 0 Å². The largest absolute Gasteiger partial charge is 0.389 e. The van der Waals surface area contributed by atoms with Gasteiger partial charge in [0.2, 0.25) is 0 Å². The SMILES string of the molecule is C/C=C\C=C/CC1CC=CC1O. The summed E-state index contributed by atoms with van der Waals surface area (Å²) in [6.45, 7) is 2.00. The van der Waals surface area contributed by atoms with E-state index in [9.17, 15) is 5.11 Å². The minimum atomic E-state index is -0.222. The fourth-order valence-corrected chi connectivity index (χ4v) is 1.37. The number of aliphatic hydroxyl groups is 1. The van der Waals surface area contributed by atoms with E-state index in [4.69, 9.17) is 0 Å². The maximum absolute atomic E-state index is 9.41. The van der Waals surface area contributed by atoms with Gasteiger partial charge in [0.25, 0.3) is 0 Å². The Balaban J connectivity index is 2.24. The first kappa shape index (κ1) is 9.27. The van der Waals surface area contributed by atoms with E-state index in [2.05, 4.69) is 12.2 Å². The fourth-order valence-electron chi connectivity index (χ4n) is 1.37. The second kappa shape index (κ2) is 4.94. The number of hydrogen-bond donors (Lipinski definition) is 1. The average Bonchev–Trinajstić information content (AvgIpc) is 2.46. The first-order valence-corrected chi connectivity index (χ1v) is 4.47. The highest BCUT2D eigenvalue weighted by Gasteiger charge is 2.18. The molecule has 0 saturated heterocycles. The molecule has 0 aliphatic heterocycles. The van der Waals surface area contributed by atoms with E-state index in [-0.39, 0.29) is 6.10 Å². The molecule has 0 aromatic rings.